The third-order valence-corrected chi connectivity index (χ3v) is 5.40. The van der Waals surface area contributed by atoms with Crippen LogP contribution in [-0.2, 0) is 12.6 Å². The van der Waals surface area contributed by atoms with Crippen LogP contribution in [0.15, 0.2) is 30.5 Å². The van der Waals surface area contributed by atoms with Crippen LogP contribution in [0.25, 0.3) is 0 Å². The first kappa shape index (κ1) is 17.7. The summed E-state index contributed by atoms with van der Waals surface area (Å²) in [6.45, 7) is 1.42. The number of benzene rings is 1. The van der Waals surface area contributed by atoms with Gasteiger partial charge in [0.25, 0.3) is 0 Å². The number of hydrogen-bond donors (Lipinski definition) is 0. The molecule has 134 valence electrons. The van der Waals surface area contributed by atoms with Gasteiger partial charge in [-0.15, -0.1) is 0 Å². The van der Waals surface area contributed by atoms with Gasteiger partial charge in [-0.2, -0.15) is 13.2 Å². The fourth-order valence-corrected chi connectivity index (χ4v) is 3.84. The zero-order chi connectivity index (χ0) is 18.0. The van der Waals surface area contributed by atoms with Crippen LogP contribution >= 0.6 is 11.3 Å². The molecular formula is C17H16F3N2O2S-. The van der Waals surface area contributed by atoms with E-state index in [9.17, 15) is 23.1 Å². The smallest absolute Gasteiger partial charge is 0.416 e. The van der Waals surface area contributed by atoms with Crippen LogP contribution in [0.4, 0.5) is 18.3 Å². The molecule has 1 aromatic carbocycles. The number of rotatable bonds is 4. The fourth-order valence-electron chi connectivity index (χ4n) is 3.04. The van der Waals surface area contributed by atoms with Crippen LogP contribution in [0.2, 0.25) is 0 Å². The minimum absolute atomic E-state index is 0.0982. The Morgan fingerprint density at radius 3 is 2.64 bits per heavy atom. The van der Waals surface area contributed by atoms with E-state index in [1.54, 1.807) is 6.07 Å². The standard InChI is InChI=1S/C17H17F3N2O2S/c18-17(19,20)13-3-1-2-12(9-13)8-11-4-6-22(7-5-11)16-21-10-14(25-16)15(23)24/h1-3,9-11H,4-8H2,(H,23,24)/p-1. The number of hydrogen-bond acceptors (Lipinski definition) is 5. The van der Waals surface area contributed by atoms with Gasteiger partial charge < -0.3 is 14.8 Å². The van der Waals surface area contributed by atoms with Crippen LogP contribution in [0.3, 0.4) is 0 Å². The third kappa shape index (κ3) is 4.31. The molecule has 0 atom stereocenters. The second kappa shape index (κ2) is 7.03. The predicted molar refractivity (Wildman–Crippen MR) is 86.5 cm³/mol. The van der Waals surface area contributed by atoms with E-state index in [2.05, 4.69) is 4.98 Å². The van der Waals surface area contributed by atoms with Gasteiger partial charge in [0.2, 0.25) is 0 Å². The monoisotopic (exact) mass is 369 g/mol. The van der Waals surface area contributed by atoms with Crippen molar-refractivity contribution in [2.75, 3.05) is 18.0 Å². The summed E-state index contributed by atoms with van der Waals surface area (Å²) < 4.78 is 38.4. The van der Waals surface area contributed by atoms with Gasteiger partial charge in [-0.05, 0) is 36.8 Å². The summed E-state index contributed by atoms with van der Waals surface area (Å²) >= 11 is 1.09. The lowest BCUT2D eigenvalue weighted by molar-refractivity contribution is -0.254. The third-order valence-electron chi connectivity index (χ3n) is 4.36. The molecule has 8 heteroatoms. The van der Waals surface area contributed by atoms with Gasteiger partial charge in [-0.3, -0.25) is 0 Å². The van der Waals surface area contributed by atoms with E-state index in [1.165, 1.54) is 18.3 Å². The highest BCUT2D eigenvalue weighted by Crippen LogP contribution is 2.32. The summed E-state index contributed by atoms with van der Waals surface area (Å²) in [5, 5.41) is 11.5. The molecule has 25 heavy (non-hydrogen) atoms. The molecule has 1 fully saturated rings. The number of carbonyl (C=O) groups is 1. The van der Waals surface area contributed by atoms with Gasteiger partial charge in [0.05, 0.1) is 16.4 Å². The number of aromatic carboxylic acids is 1. The molecule has 0 amide bonds. The van der Waals surface area contributed by atoms with E-state index < -0.39 is 17.7 Å². The average molecular weight is 369 g/mol. The second-order valence-corrected chi connectivity index (χ2v) is 7.14. The number of carboxylic acid groups (broad SMARTS) is 1. The predicted octanol–water partition coefficient (Wildman–Crippen LogP) is 2.98. The lowest BCUT2D eigenvalue weighted by Crippen LogP contribution is -2.34. The Kier molecular flexibility index (Phi) is 4.99. The number of piperidine rings is 1. The Bertz CT molecular complexity index is 752. The highest BCUT2D eigenvalue weighted by atomic mass is 32.1. The minimum Gasteiger partial charge on any atom is -0.544 e. The molecule has 1 aromatic heterocycles. The van der Waals surface area contributed by atoms with E-state index in [1.807, 2.05) is 4.90 Å². The molecule has 2 aromatic rings. The van der Waals surface area contributed by atoms with Crippen molar-refractivity contribution in [3.63, 3.8) is 0 Å². The van der Waals surface area contributed by atoms with Crippen LogP contribution < -0.4 is 10.0 Å². The van der Waals surface area contributed by atoms with E-state index in [0.717, 1.165) is 30.2 Å². The number of nitrogens with zero attached hydrogens (tertiary/aromatic N) is 2. The van der Waals surface area contributed by atoms with Crippen molar-refractivity contribution in [1.29, 1.82) is 0 Å². The highest BCUT2D eigenvalue weighted by molar-refractivity contribution is 7.17. The first-order chi connectivity index (χ1) is 11.8. The quantitative estimate of drug-likeness (QED) is 0.831. The fraction of sp³-hybridized carbons (Fsp3) is 0.412. The molecule has 3 rings (SSSR count). The van der Waals surface area contributed by atoms with Crippen LogP contribution in [0, 0.1) is 5.92 Å². The summed E-state index contributed by atoms with van der Waals surface area (Å²) in [6.07, 6.45) is -0.752. The van der Waals surface area contributed by atoms with Gasteiger partial charge in [0, 0.05) is 19.3 Å². The van der Waals surface area contributed by atoms with Crippen molar-refractivity contribution in [2.24, 2.45) is 5.92 Å². The molecule has 0 unspecified atom stereocenters. The molecule has 0 aliphatic carbocycles. The molecule has 0 saturated carbocycles. The Morgan fingerprint density at radius 2 is 2.04 bits per heavy atom. The first-order valence-electron chi connectivity index (χ1n) is 7.91. The molecule has 0 spiro atoms. The second-order valence-electron chi connectivity index (χ2n) is 6.13. The maximum absolute atomic E-state index is 12.8. The van der Waals surface area contributed by atoms with E-state index in [4.69, 9.17) is 0 Å². The molecule has 1 aliphatic rings. The SMILES string of the molecule is O=C([O-])c1cnc(N2CCC(Cc3cccc(C(F)(F)F)c3)CC2)s1. The maximum Gasteiger partial charge on any atom is 0.416 e. The highest BCUT2D eigenvalue weighted by Gasteiger charge is 2.30. The molecule has 4 nitrogen and oxygen atoms in total. The summed E-state index contributed by atoms with van der Waals surface area (Å²) in [7, 11) is 0. The molecule has 0 bridgehead atoms. The number of aromatic nitrogens is 1. The Balaban J connectivity index is 1.58. The Morgan fingerprint density at radius 1 is 1.32 bits per heavy atom. The van der Waals surface area contributed by atoms with Crippen molar-refractivity contribution < 1.29 is 23.1 Å². The number of carbonyl (C=O) groups excluding carboxylic acids is 1. The number of thiazole rings is 1. The topological polar surface area (TPSA) is 56.3 Å². The van der Waals surface area contributed by atoms with Crippen molar-refractivity contribution >= 4 is 22.4 Å². The molecule has 1 saturated heterocycles. The number of anilines is 1. The normalized spacial score (nSPS) is 16.2. The molecule has 1 aliphatic heterocycles. The van der Waals surface area contributed by atoms with E-state index >= 15 is 0 Å². The lowest BCUT2D eigenvalue weighted by atomic mass is 9.90. The average Bonchev–Trinajstić information content (AvgIpc) is 3.05. The van der Waals surface area contributed by atoms with Crippen molar-refractivity contribution in [2.45, 2.75) is 25.4 Å². The number of alkyl halides is 3. The summed E-state index contributed by atoms with van der Waals surface area (Å²) in [5.74, 6) is -0.927. The van der Waals surface area contributed by atoms with Crippen LogP contribution in [0.5, 0.6) is 0 Å². The summed E-state index contributed by atoms with van der Waals surface area (Å²) in [5.41, 5.74) is 0.0850. The van der Waals surface area contributed by atoms with Gasteiger partial charge in [0.15, 0.2) is 5.13 Å². The zero-order valence-corrected chi connectivity index (χ0v) is 14.1. The van der Waals surface area contributed by atoms with Gasteiger partial charge in [0.1, 0.15) is 0 Å². The first-order valence-corrected chi connectivity index (χ1v) is 8.73. The largest absolute Gasteiger partial charge is 0.544 e. The van der Waals surface area contributed by atoms with E-state index in [0.29, 0.717) is 36.1 Å². The van der Waals surface area contributed by atoms with Crippen LogP contribution in [0.1, 0.15) is 33.6 Å². The lowest BCUT2D eigenvalue weighted by Gasteiger charge is -2.31. The van der Waals surface area contributed by atoms with Gasteiger partial charge in [-0.25, -0.2) is 4.98 Å². The Hall–Kier alpha value is -2.09. The summed E-state index contributed by atoms with van der Waals surface area (Å²) in [4.78, 5) is 17.0. The maximum atomic E-state index is 12.8. The van der Waals surface area contributed by atoms with Gasteiger partial charge in [-0.1, -0.05) is 29.5 Å². The minimum atomic E-state index is -4.32. The molecular weight excluding hydrogens is 353 g/mol. The van der Waals surface area contributed by atoms with Crippen molar-refractivity contribution in [3.05, 3.63) is 46.5 Å². The zero-order valence-electron chi connectivity index (χ0n) is 13.3. The summed E-state index contributed by atoms with van der Waals surface area (Å²) in [6, 6.07) is 5.49. The molecule has 0 radical (unpaired) electrons. The van der Waals surface area contributed by atoms with Crippen molar-refractivity contribution in [1.82, 2.24) is 4.98 Å². The number of carboxylic acids is 1. The Labute approximate surface area is 146 Å². The molecule has 0 N–H and O–H groups in total. The van der Waals surface area contributed by atoms with Crippen LogP contribution in [-0.4, -0.2) is 24.0 Å². The van der Waals surface area contributed by atoms with Crippen molar-refractivity contribution in [3.8, 4) is 0 Å². The molecule has 2 heterocycles. The van der Waals surface area contributed by atoms with E-state index in [-0.39, 0.29) is 4.88 Å². The van der Waals surface area contributed by atoms with Gasteiger partial charge >= 0.3 is 6.18 Å². The number of halogens is 3.